The van der Waals surface area contributed by atoms with Gasteiger partial charge in [0.05, 0.1) is 0 Å². The number of hydrogen-bond acceptors (Lipinski definition) is 2. The van der Waals surface area contributed by atoms with Crippen molar-refractivity contribution in [1.29, 1.82) is 0 Å². The van der Waals surface area contributed by atoms with Crippen LogP contribution in [-0.4, -0.2) is 4.98 Å². The van der Waals surface area contributed by atoms with Crippen molar-refractivity contribution in [3.8, 4) is 0 Å². The molecule has 0 aliphatic heterocycles. The molecule has 0 spiro atoms. The Hall–Kier alpha value is -0.520. The van der Waals surface area contributed by atoms with E-state index in [1.807, 2.05) is 0 Å². The van der Waals surface area contributed by atoms with E-state index in [9.17, 15) is 13.2 Å². The summed E-state index contributed by atoms with van der Waals surface area (Å²) in [5, 5.41) is 0. The van der Waals surface area contributed by atoms with Gasteiger partial charge < -0.3 is 5.73 Å². The van der Waals surface area contributed by atoms with Crippen LogP contribution in [0.25, 0.3) is 0 Å². The predicted molar refractivity (Wildman–Crippen MR) is 56.3 cm³/mol. The largest absolute Gasteiger partial charge is 0.433 e. The van der Waals surface area contributed by atoms with Gasteiger partial charge in [0.15, 0.2) is 0 Å². The van der Waals surface area contributed by atoms with Gasteiger partial charge in [-0.3, -0.25) is 4.98 Å². The summed E-state index contributed by atoms with van der Waals surface area (Å²) in [6.07, 6.45) is -3.23. The van der Waals surface area contributed by atoms with Crippen molar-refractivity contribution < 1.29 is 13.2 Å². The zero-order chi connectivity index (χ0) is 10.1. The molecule has 7 heteroatoms. The highest BCUT2D eigenvalue weighted by atomic mass is 35.5. The van der Waals surface area contributed by atoms with Crippen LogP contribution in [-0.2, 0) is 6.18 Å². The maximum Gasteiger partial charge on any atom is 0.433 e. The molecule has 88 valence electrons. The fourth-order valence-electron chi connectivity index (χ4n) is 0.842. The standard InChI is InChI=1S/C8H9F3N2.2ClH/c1-5(12)6-2-3-7(13-4-6)8(9,10)11;;/h2-5H,12H2,1H3;2*1H/t5-;;/m0../s1. The van der Waals surface area contributed by atoms with E-state index in [2.05, 4.69) is 4.98 Å². The number of rotatable bonds is 1. The Morgan fingerprint density at radius 3 is 2.07 bits per heavy atom. The van der Waals surface area contributed by atoms with E-state index in [4.69, 9.17) is 5.73 Å². The molecule has 0 saturated carbocycles. The Morgan fingerprint density at radius 2 is 1.80 bits per heavy atom. The zero-order valence-corrected chi connectivity index (χ0v) is 9.42. The number of aromatic nitrogens is 1. The smallest absolute Gasteiger partial charge is 0.324 e. The molecule has 1 atom stereocenters. The number of alkyl halides is 3. The number of halogens is 5. The van der Waals surface area contributed by atoms with Gasteiger partial charge in [0.1, 0.15) is 5.69 Å². The summed E-state index contributed by atoms with van der Waals surface area (Å²) >= 11 is 0. The first-order valence-electron chi connectivity index (χ1n) is 3.70. The van der Waals surface area contributed by atoms with Gasteiger partial charge >= 0.3 is 6.18 Å². The van der Waals surface area contributed by atoms with Gasteiger partial charge in [-0.05, 0) is 18.6 Å². The average molecular weight is 263 g/mol. The molecule has 0 aliphatic rings. The van der Waals surface area contributed by atoms with Gasteiger partial charge in [0.25, 0.3) is 0 Å². The van der Waals surface area contributed by atoms with Crippen LogP contribution in [0.5, 0.6) is 0 Å². The van der Waals surface area contributed by atoms with Gasteiger partial charge in [-0.2, -0.15) is 13.2 Å². The van der Waals surface area contributed by atoms with Crippen molar-refractivity contribution in [3.05, 3.63) is 29.6 Å². The maximum absolute atomic E-state index is 12.0. The zero-order valence-electron chi connectivity index (χ0n) is 7.78. The third-order valence-corrected chi connectivity index (χ3v) is 1.60. The SMILES string of the molecule is C[C@H](N)c1ccc(C(F)(F)F)nc1.Cl.Cl. The van der Waals surface area contributed by atoms with E-state index in [-0.39, 0.29) is 30.9 Å². The van der Waals surface area contributed by atoms with Crippen LogP contribution in [0.3, 0.4) is 0 Å². The quantitative estimate of drug-likeness (QED) is 0.845. The molecule has 0 bridgehead atoms. The molecule has 1 rings (SSSR count). The van der Waals surface area contributed by atoms with Crippen LogP contribution >= 0.6 is 24.8 Å². The predicted octanol–water partition coefficient (Wildman–Crippen LogP) is 2.96. The highest BCUT2D eigenvalue weighted by Gasteiger charge is 2.32. The van der Waals surface area contributed by atoms with Crippen molar-refractivity contribution in [2.24, 2.45) is 5.73 Å². The number of hydrogen-bond donors (Lipinski definition) is 1. The highest BCUT2D eigenvalue weighted by molar-refractivity contribution is 5.85. The molecule has 0 unspecified atom stereocenters. The molecule has 0 fully saturated rings. The second-order valence-corrected chi connectivity index (χ2v) is 2.76. The third-order valence-electron chi connectivity index (χ3n) is 1.60. The fraction of sp³-hybridized carbons (Fsp3) is 0.375. The molecule has 0 aromatic carbocycles. The Kier molecular flexibility index (Phi) is 6.92. The van der Waals surface area contributed by atoms with Crippen molar-refractivity contribution >= 4 is 24.8 Å². The normalized spacial score (nSPS) is 12.3. The van der Waals surface area contributed by atoms with Crippen LogP contribution in [0.1, 0.15) is 24.2 Å². The molecule has 2 nitrogen and oxygen atoms in total. The van der Waals surface area contributed by atoms with Crippen LogP contribution in [0.2, 0.25) is 0 Å². The average Bonchev–Trinajstić information content (AvgIpc) is 2.03. The lowest BCUT2D eigenvalue weighted by atomic mass is 10.1. The summed E-state index contributed by atoms with van der Waals surface area (Å²) in [5.74, 6) is 0. The van der Waals surface area contributed by atoms with Gasteiger partial charge in [0.2, 0.25) is 0 Å². The lowest BCUT2D eigenvalue weighted by Crippen LogP contribution is -2.10. The summed E-state index contributed by atoms with van der Waals surface area (Å²) in [7, 11) is 0. The van der Waals surface area contributed by atoms with Crippen molar-refractivity contribution in [1.82, 2.24) is 4.98 Å². The number of nitrogens with two attached hydrogens (primary N) is 1. The molecule has 15 heavy (non-hydrogen) atoms. The molecule has 0 aliphatic carbocycles. The number of nitrogens with zero attached hydrogens (tertiary/aromatic N) is 1. The molecule has 2 N–H and O–H groups in total. The van der Waals surface area contributed by atoms with E-state index in [0.717, 1.165) is 12.3 Å². The van der Waals surface area contributed by atoms with Crippen LogP contribution in [0.4, 0.5) is 13.2 Å². The minimum absolute atomic E-state index is 0. The Bertz CT molecular complexity index is 285. The summed E-state index contributed by atoms with van der Waals surface area (Å²) in [5.41, 5.74) is 5.15. The van der Waals surface area contributed by atoms with Gasteiger partial charge in [-0.15, -0.1) is 24.8 Å². The molecule has 1 aromatic heterocycles. The van der Waals surface area contributed by atoms with E-state index >= 15 is 0 Å². The molecule has 0 amide bonds. The minimum Gasteiger partial charge on any atom is -0.324 e. The molecule has 1 heterocycles. The Morgan fingerprint density at radius 1 is 1.27 bits per heavy atom. The fourth-order valence-corrected chi connectivity index (χ4v) is 0.842. The minimum atomic E-state index is -4.38. The van der Waals surface area contributed by atoms with Gasteiger partial charge in [-0.1, -0.05) is 6.07 Å². The highest BCUT2D eigenvalue weighted by Crippen LogP contribution is 2.27. The van der Waals surface area contributed by atoms with Crippen molar-refractivity contribution in [2.45, 2.75) is 19.1 Å². The van der Waals surface area contributed by atoms with E-state index in [1.165, 1.54) is 6.07 Å². The second-order valence-electron chi connectivity index (χ2n) is 2.76. The first-order valence-corrected chi connectivity index (χ1v) is 3.70. The van der Waals surface area contributed by atoms with Crippen LogP contribution in [0.15, 0.2) is 18.3 Å². The molecule has 1 aromatic rings. The summed E-state index contributed by atoms with van der Waals surface area (Å²) in [6, 6.07) is 1.97. The van der Waals surface area contributed by atoms with E-state index in [1.54, 1.807) is 6.92 Å². The maximum atomic E-state index is 12.0. The number of pyridine rings is 1. The first kappa shape index (κ1) is 16.9. The topological polar surface area (TPSA) is 38.9 Å². The Labute approximate surface area is 97.9 Å². The third kappa shape index (κ3) is 4.68. The van der Waals surface area contributed by atoms with Gasteiger partial charge in [-0.25, -0.2) is 0 Å². The summed E-state index contributed by atoms with van der Waals surface area (Å²) in [6.45, 7) is 1.68. The van der Waals surface area contributed by atoms with Gasteiger partial charge in [0, 0.05) is 12.2 Å². The van der Waals surface area contributed by atoms with E-state index < -0.39 is 11.9 Å². The summed E-state index contributed by atoms with van der Waals surface area (Å²) in [4.78, 5) is 3.27. The molecular weight excluding hydrogens is 252 g/mol. The van der Waals surface area contributed by atoms with Crippen LogP contribution in [0, 0.1) is 0 Å². The lowest BCUT2D eigenvalue weighted by Gasteiger charge is -2.08. The second kappa shape index (κ2) is 6.15. The van der Waals surface area contributed by atoms with E-state index in [0.29, 0.717) is 5.56 Å². The first-order chi connectivity index (χ1) is 5.91. The molecule has 0 radical (unpaired) electrons. The van der Waals surface area contributed by atoms with Crippen molar-refractivity contribution in [2.75, 3.05) is 0 Å². The lowest BCUT2D eigenvalue weighted by molar-refractivity contribution is -0.141. The molecular formula is C8H11Cl2F3N2. The van der Waals surface area contributed by atoms with Crippen molar-refractivity contribution in [3.63, 3.8) is 0 Å². The molecule has 0 saturated heterocycles. The summed E-state index contributed by atoms with van der Waals surface area (Å²) < 4.78 is 36.1. The Balaban J connectivity index is 0. The monoisotopic (exact) mass is 262 g/mol. The van der Waals surface area contributed by atoms with Crippen LogP contribution < -0.4 is 5.73 Å².